The fourth-order valence-corrected chi connectivity index (χ4v) is 9.91. The summed E-state index contributed by atoms with van der Waals surface area (Å²) in [6.07, 6.45) is 6.43. The van der Waals surface area contributed by atoms with E-state index >= 15 is 0 Å². The smallest absolute Gasteiger partial charge is 0.330 e. The Morgan fingerprint density at radius 1 is 0.295 bits per heavy atom. The first-order valence-electron chi connectivity index (χ1n) is 36.8. The van der Waals surface area contributed by atoms with Crippen LogP contribution in [-0.4, -0.2) is 188 Å². The molecule has 24 heteroatoms. The maximum Gasteiger partial charge on any atom is 0.330 e. The zero-order chi connectivity index (χ0) is 81.7. The highest BCUT2D eigenvalue weighted by Crippen LogP contribution is 2.29. The van der Waals surface area contributed by atoms with E-state index in [-0.39, 0.29) is 129 Å². The lowest BCUT2D eigenvalue weighted by atomic mass is 9.88. The van der Waals surface area contributed by atoms with E-state index in [0.717, 1.165) is 58.4 Å². The summed E-state index contributed by atoms with van der Waals surface area (Å²) in [5, 5.41) is 3.03. The first-order chi connectivity index (χ1) is 53.3. The molecule has 0 heterocycles. The molecule has 0 saturated carbocycles. The number of rotatable bonds is 46. The maximum absolute atomic E-state index is 12.8. The van der Waals surface area contributed by atoms with E-state index in [9.17, 15) is 43.2 Å². The number of anilines is 6. The number of hydrogen-bond acceptors (Lipinski definition) is 24. The SMILES string of the molecule is C.C=CC(=O)OCC(CC)(COC(=O)C=C)COC(=O)C=C.C=CC(=O)OCC(CC)(COC(=O)CCN(C)c1ccccc1)COC(=O)CCN(C)c1ccccc1.CCC(COC(=O)CCN(C)c1ccccc1)(COC(=O)CCN(C)c1ccccc1)COC(=O)CCN(C)c1ccccc1.CNc1ccccc1. The average Bonchev–Trinajstić information content (AvgIpc) is 0.866. The van der Waals surface area contributed by atoms with Crippen molar-refractivity contribution < 1.29 is 85.8 Å². The second kappa shape index (κ2) is 54.8. The molecule has 24 nitrogen and oxygen atoms in total. The van der Waals surface area contributed by atoms with Crippen LogP contribution in [0.15, 0.2) is 233 Å². The van der Waals surface area contributed by atoms with Crippen LogP contribution >= 0.6 is 0 Å². The van der Waals surface area contributed by atoms with Crippen LogP contribution in [0.3, 0.4) is 0 Å². The molecule has 608 valence electrons. The topological polar surface area (TPSA) is 265 Å². The number of para-hydroxylation sites is 6. The van der Waals surface area contributed by atoms with Crippen molar-refractivity contribution in [3.63, 3.8) is 0 Å². The molecule has 0 unspecified atom stereocenters. The van der Waals surface area contributed by atoms with Crippen LogP contribution in [0.1, 0.15) is 79.6 Å². The Morgan fingerprint density at radius 3 is 0.598 bits per heavy atom. The van der Waals surface area contributed by atoms with Gasteiger partial charge in [0.1, 0.15) is 59.5 Å². The van der Waals surface area contributed by atoms with Gasteiger partial charge in [-0.05, 0) is 92.1 Å². The fraction of sp³-hybridized carbons (Fsp3) is 0.398. The van der Waals surface area contributed by atoms with Gasteiger partial charge in [-0.1, -0.05) is 164 Å². The second-order valence-electron chi connectivity index (χ2n) is 26.3. The van der Waals surface area contributed by atoms with Crippen LogP contribution in [0.4, 0.5) is 34.1 Å². The van der Waals surface area contributed by atoms with Crippen LogP contribution in [0, 0.1) is 16.2 Å². The van der Waals surface area contributed by atoms with Crippen LogP contribution in [0.5, 0.6) is 0 Å². The predicted octanol–water partition coefficient (Wildman–Crippen LogP) is 13.8. The average molecular weight is 1550 g/mol. The lowest BCUT2D eigenvalue weighted by molar-refractivity contribution is -0.163. The highest BCUT2D eigenvalue weighted by atomic mass is 16.6. The van der Waals surface area contributed by atoms with Gasteiger partial charge in [0.15, 0.2) is 0 Å². The number of nitrogens with zero attached hydrogens (tertiary/aromatic N) is 5. The van der Waals surface area contributed by atoms with Crippen molar-refractivity contribution in [1.29, 1.82) is 0 Å². The third-order valence-corrected chi connectivity index (χ3v) is 18.0. The maximum atomic E-state index is 12.8. The van der Waals surface area contributed by atoms with E-state index in [1.807, 2.05) is 263 Å². The van der Waals surface area contributed by atoms with Gasteiger partial charge in [0.25, 0.3) is 0 Å². The lowest BCUT2D eigenvalue weighted by Gasteiger charge is -2.31. The second-order valence-corrected chi connectivity index (χ2v) is 26.3. The minimum absolute atomic E-state index is 0. The minimum atomic E-state index is -0.872. The number of ether oxygens (including phenoxy) is 9. The van der Waals surface area contributed by atoms with Crippen molar-refractivity contribution in [2.45, 2.75) is 79.6 Å². The van der Waals surface area contributed by atoms with Crippen molar-refractivity contribution in [3.05, 3.63) is 233 Å². The molecule has 0 atom stereocenters. The standard InChI is InChI=1S/C36H47N3O6.C29H38N2O6.C15H20O6.C7H9N.CH4/c1-5-36(27-43-33(40)21-24-37(2)30-15-9-6-10-16-30,28-44-34(41)22-25-38(3)31-17-11-7-12-18-31)29-45-35(42)23-26-39(4)32-19-13-8-14-20-32;1-5-26(32)35-21-29(6-2,22-36-27(33)17-19-30(3)24-13-9-7-10-14-24)23-37-28(34)18-20-31(4)25-15-11-8-12-16-25;1-5-12(16)19-9-15(8-4,10-20-13(17)6-2)11-21-14(18)7-3;1-8-7-5-3-2-4-6-7;/h6-20H,5,21-29H2,1-4H3;5,7-16H,1,6,17-23H2,2-4H3;5-7H,1-3,8-11H2,4H3;2-6,8H,1H3;1H4. The van der Waals surface area contributed by atoms with Gasteiger partial charge in [0, 0.05) is 133 Å². The Hall–Kier alpha value is -11.7. The first kappa shape index (κ1) is 96.4. The molecule has 6 aromatic rings. The Kier molecular flexibility index (Phi) is 47.2. The Labute approximate surface area is 663 Å². The van der Waals surface area contributed by atoms with Gasteiger partial charge >= 0.3 is 53.7 Å². The quantitative estimate of drug-likeness (QED) is 0.0211. The highest BCUT2D eigenvalue weighted by molar-refractivity contribution is 5.83. The van der Waals surface area contributed by atoms with E-state index in [0.29, 0.717) is 52.0 Å². The number of nitrogens with one attached hydrogen (secondary N) is 1. The van der Waals surface area contributed by atoms with Gasteiger partial charge in [-0.3, -0.25) is 24.0 Å². The van der Waals surface area contributed by atoms with Crippen molar-refractivity contribution in [2.24, 2.45) is 16.2 Å². The van der Waals surface area contributed by atoms with E-state index in [1.165, 1.54) is 0 Å². The summed E-state index contributed by atoms with van der Waals surface area (Å²) in [6, 6.07) is 58.9. The summed E-state index contributed by atoms with van der Waals surface area (Å²) in [5.74, 6) is -4.32. The molecule has 0 saturated heterocycles. The summed E-state index contributed by atoms with van der Waals surface area (Å²) in [5.41, 5.74) is 3.60. The Balaban J connectivity index is 0.000000567. The molecule has 0 aliphatic carbocycles. The molecule has 6 rings (SSSR count). The normalized spacial score (nSPS) is 10.5. The van der Waals surface area contributed by atoms with Crippen LogP contribution in [0.25, 0.3) is 0 Å². The van der Waals surface area contributed by atoms with Gasteiger partial charge in [-0.2, -0.15) is 0 Å². The van der Waals surface area contributed by atoms with Gasteiger partial charge in [0.05, 0.1) is 48.3 Å². The molecule has 0 spiro atoms. The number of hydrogen-bond donors (Lipinski definition) is 1. The lowest BCUT2D eigenvalue weighted by Crippen LogP contribution is -2.39. The van der Waals surface area contributed by atoms with Gasteiger partial charge in [0.2, 0.25) is 0 Å². The van der Waals surface area contributed by atoms with E-state index in [2.05, 4.69) is 31.6 Å². The first-order valence-corrected chi connectivity index (χ1v) is 36.8. The molecule has 1 N–H and O–H groups in total. The van der Waals surface area contributed by atoms with Crippen LogP contribution in [-0.2, 0) is 85.8 Å². The molecular formula is C88H118N6O18. The summed E-state index contributed by atoms with van der Waals surface area (Å²) in [6.45, 7) is 20.8. The van der Waals surface area contributed by atoms with Crippen molar-refractivity contribution in [3.8, 4) is 0 Å². The van der Waals surface area contributed by atoms with E-state index in [1.54, 1.807) is 6.92 Å². The molecule has 112 heavy (non-hydrogen) atoms. The molecule has 0 fully saturated rings. The van der Waals surface area contributed by atoms with E-state index in [4.69, 9.17) is 42.6 Å². The van der Waals surface area contributed by atoms with Gasteiger partial charge in [-0.25, -0.2) is 19.2 Å². The highest BCUT2D eigenvalue weighted by Gasteiger charge is 2.37. The summed E-state index contributed by atoms with van der Waals surface area (Å²) in [4.78, 5) is 118. The number of esters is 9. The molecule has 0 aromatic heterocycles. The monoisotopic (exact) mass is 1550 g/mol. The number of carbonyl (C=O) groups excluding carboxylic acids is 9. The third kappa shape index (κ3) is 39.1. The van der Waals surface area contributed by atoms with Gasteiger partial charge in [-0.15, -0.1) is 0 Å². The number of carbonyl (C=O) groups is 9. The fourth-order valence-electron chi connectivity index (χ4n) is 9.91. The molecule has 6 aromatic carbocycles. The zero-order valence-corrected chi connectivity index (χ0v) is 66.1. The van der Waals surface area contributed by atoms with Crippen LogP contribution < -0.4 is 29.8 Å². The van der Waals surface area contributed by atoms with Crippen LogP contribution in [0.2, 0.25) is 0 Å². The van der Waals surface area contributed by atoms with E-state index < -0.39 is 40.1 Å². The summed E-state index contributed by atoms with van der Waals surface area (Å²) < 4.78 is 48.4. The summed E-state index contributed by atoms with van der Waals surface area (Å²) >= 11 is 0. The molecule has 0 amide bonds. The van der Waals surface area contributed by atoms with Crippen molar-refractivity contribution >= 4 is 87.8 Å². The number of benzene rings is 6. The van der Waals surface area contributed by atoms with Crippen molar-refractivity contribution in [1.82, 2.24) is 0 Å². The Morgan fingerprint density at radius 2 is 0.455 bits per heavy atom. The van der Waals surface area contributed by atoms with Crippen molar-refractivity contribution in [2.75, 3.05) is 164 Å². The predicted molar refractivity (Wildman–Crippen MR) is 442 cm³/mol. The Bertz CT molecular complexity index is 3460. The molecule has 0 aliphatic rings. The molecular weight excluding hydrogens is 1430 g/mol. The zero-order valence-electron chi connectivity index (χ0n) is 66.1. The minimum Gasteiger partial charge on any atom is -0.465 e. The molecule has 0 radical (unpaired) electrons. The third-order valence-electron chi connectivity index (χ3n) is 18.0. The molecule has 0 bridgehead atoms. The largest absolute Gasteiger partial charge is 0.465 e. The summed E-state index contributed by atoms with van der Waals surface area (Å²) in [7, 11) is 11.5. The van der Waals surface area contributed by atoms with Gasteiger partial charge < -0.3 is 72.4 Å². The molecule has 0 aliphatic heterocycles.